The summed E-state index contributed by atoms with van der Waals surface area (Å²) in [4.78, 5) is 12.2. The van der Waals surface area contributed by atoms with E-state index >= 15 is 0 Å². The topological polar surface area (TPSA) is 91.2 Å². The summed E-state index contributed by atoms with van der Waals surface area (Å²) in [7, 11) is 1.58. The first-order valence-electron chi connectivity index (χ1n) is 8.91. The molecule has 8 heteroatoms. The van der Waals surface area contributed by atoms with Crippen LogP contribution in [0.15, 0.2) is 42.5 Å². The first kappa shape index (κ1) is 19.5. The van der Waals surface area contributed by atoms with Crippen molar-refractivity contribution < 1.29 is 14.3 Å². The number of amides is 1. The van der Waals surface area contributed by atoms with Gasteiger partial charge in [0.2, 0.25) is 0 Å². The van der Waals surface area contributed by atoms with Crippen LogP contribution in [-0.4, -0.2) is 46.1 Å². The van der Waals surface area contributed by atoms with Gasteiger partial charge in [-0.25, -0.2) is 4.79 Å². The lowest BCUT2D eigenvalue weighted by molar-refractivity contribution is 0.159. The predicted molar refractivity (Wildman–Crippen MR) is 105 cm³/mol. The van der Waals surface area contributed by atoms with Gasteiger partial charge >= 0.3 is 6.09 Å². The zero-order chi connectivity index (χ0) is 20.1. The van der Waals surface area contributed by atoms with E-state index in [0.29, 0.717) is 23.9 Å². The number of aryl methyl sites for hydroxylation is 2. The standard InChI is InChI=1S/C20H23N5O3/c1-13-5-7-16(8-6-13)17-9-18(25-15(3)22-23-24-25)11-19(10-17)28-20(26)21-14(2)12-27-4/h5-11,14H,12H2,1-4H3,(H,21,26)/t14-/m1/s1. The SMILES string of the molecule is COC[C@@H](C)NC(=O)Oc1cc(-c2ccc(C)cc2)cc(-n2nnnc2C)c1. The number of hydrogen-bond acceptors (Lipinski definition) is 6. The van der Waals surface area contributed by atoms with Crippen LogP contribution in [0.25, 0.3) is 16.8 Å². The Morgan fingerprint density at radius 1 is 1.14 bits per heavy atom. The molecule has 28 heavy (non-hydrogen) atoms. The third kappa shape index (κ3) is 4.72. The fourth-order valence-corrected chi connectivity index (χ4v) is 2.78. The molecule has 1 N–H and O–H groups in total. The van der Waals surface area contributed by atoms with Gasteiger partial charge in [0, 0.05) is 13.2 Å². The fourth-order valence-electron chi connectivity index (χ4n) is 2.78. The number of nitrogens with zero attached hydrogens (tertiary/aromatic N) is 4. The molecule has 0 aliphatic carbocycles. The van der Waals surface area contributed by atoms with Gasteiger partial charge in [-0.3, -0.25) is 0 Å². The second-order valence-corrected chi connectivity index (χ2v) is 6.61. The van der Waals surface area contributed by atoms with E-state index in [9.17, 15) is 4.79 Å². The summed E-state index contributed by atoms with van der Waals surface area (Å²) in [6, 6.07) is 13.4. The minimum atomic E-state index is -0.551. The fraction of sp³-hybridized carbons (Fsp3) is 0.300. The Labute approximate surface area is 163 Å². The molecule has 1 atom stereocenters. The van der Waals surface area contributed by atoms with Gasteiger partial charge in [-0.05, 0) is 54.5 Å². The molecule has 8 nitrogen and oxygen atoms in total. The van der Waals surface area contributed by atoms with Gasteiger partial charge in [0.15, 0.2) is 5.82 Å². The molecule has 0 saturated carbocycles. The van der Waals surface area contributed by atoms with Crippen molar-refractivity contribution in [3.8, 4) is 22.6 Å². The third-order valence-electron chi connectivity index (χ3n) is 4.14. The second-order valence-electron chi connectivity index (χ2n) is 6.61. The van der Waals surface area contributed by atoms with E-state index in [1.165, 1.54) is 5.56 Å². The predicted octanol–water partition coefficient (Wildman–Crippen LogP) is 3.07. The molecule has 0 bridgehead atoms. The van der Waals surface area contributed by atoms with Crippen LogP contribution >= 0.6 is 0 Å². The van der Waals surface area contributed by atoms with E-state index in [1.807, 2.05) is 50.2 Å². The van der Waals surface area contributed by atoms with E-state index < -0.39 is 6.09 Å². The van der Waals surface area contributed by atoms with Crippen molar-refractivity contribution in [3.63, 3.8) is 0 Å². The molecular formula is C20H23N5O3. The lowest BCUT2D eigenvalue weighted by Crippen LogP contribution is -2.37. The van der Waals surface area contributed by atoms with Crippen molar-refractivity contribution in [1.82, 2.24) is 25.5 Å². The molecule has 1 amide bonds. The quantitative estimate of drug-likeness (QED) is 0.706. The molecule has 2 aromatic carbocycles. The molecule has 0 fully saturated rings. The molecule has 0 aliphatic rings. The first-order chi connectivity index (χ1) is 13.5. The maximum atomic E-state index is 12.2. The maximum Gasteiger partial charge on any atom is 0.412 e. The van der Waals surface area contributed by atoms with Gasteiger partial charge in [0.1, 0.15) is 5.75 Å². The van der Waals surface area contributed by atoms with E-state index in [0.717, 1.165) is 11.1 Å². The highest BCUT2D eigenvalue weighted by Crippen LogP contribution is 2.28. The van der Waals surface area contributed by atoms with Crippen LogP contribution in [0.3, 0.4) is 0 Å². The van der Waals surface area contributed by atoms with Crippen molar-refractivity contribution in [1.29, 1.82) is 0 Å². The van der Waals surface area contributed by atoms with Crippen molar-refractivity contribution in [2.75, 3.05) is 13.7 Å². The summed E-state index contributed by atoms with van der Waals surface area (Å²) >= 11 is 0. The minimum Gasteiger partial charge on any atom is -0.410 e. The van der Waals surface area contributed by atoms with E-state index in [1.54, 1.807) is 24.8 Å². The Morgan fingerprint density at radius 2 is 1.89 bits per heavy atom. The van der Waals surface area contributed by atoms with Crippen LogP contribution in [0.2, 0.25) is 0 Å². The average Bonchev–Trinajstić information content (AvgIpc) is 3.08. The Morgan fingerprint density at radius 3 is 2.54 bits per heavy atom. The number of rotatable bonds is 6. The number of carbonyl (C=O) groups excluding carboxylic acids is 1. The van der Waals surface area contributed by atoms with Gasteiger partial charge in [0.05, 0.1) is 18.3 Å². The van der Waals surface area contributed by atoms with Crippen LogP contribution in [0.5, 0.6) is 5.75 Å². The average molecular weight is 381 g/mol. The summed E-state index contributed by atoms with van der Waals surface area (Å²) in [6.07, 6.45) is -0.551. The van der Waals surface area contributed by atoms with Crippen molar-refractivity contribution in [2.24, 2.45) is 0 Å². The molecule has 0 saturated heterocycles. The zero-order valence-corrected chi connectivity index (χ0v) is 16.3. The smallest absolute Gasteiger partial charge is 0.410 e. The third-order valence-corrected chi connectivity index (χ3v) is 4.14. The number of methoxy groups -OCH3 is 1. The highest BCUT2D eigenvalue weighted by molar-refractivity contribution is 5.74. The number of aromatic nitrogens is 4. The summed E-state index contributed by atoms with van der Waals surface area (Å²) in [5, 5.41) is 14.4. The number of benzene rings is 2. The summed E-state index contributed by atoms with van der Waals surface area (Å²) in [5.41, 5.74) is 3.75. The first-order valence-corrected chi connectivity index (χ1v) is 8.91. The van der Waals surface area contributed by atoms with Crippen LogP contribution in [0, 0.1) is 13.8 Å². The van der Waals surface area contributed by atoms with Gasteiger partial charge in [-0.2, -0.15) is 4.68 Å². The minimum absolute atomic E-state index is 0.168. The van der Waals surface area contributed by atoms with Gasteiger partial charge in [-0.15, -0.1) is 5.10 Å². The molecule has 0 spiro atoms. The number of nitrogens with one attached hydrogen (secondary N) is 1. The number of tetrazole rings is 1. The van der Waals surface area contributed by atoms with Crippen molar-refractivity contribution in [3.05, 3.63) is 53.9 Å². The Bertz CT molecular complexity index is 953. The molecular weight excluding hydrogens is 358 g/mol. The molecule has 1 heterocycles. The second kappa shape index (κ2) is 8.62. The van der Waals surface area contributed by atoms with Crippen LogP contribution < -0.4 is 10.1 Å². The monoisotopic (exact) mass is 381 g/mol. The van der Waals surface area contributed by atoms with E-state index in [4.69, 9.17) is 9.47 Å². The largest absolute Gasteiger partial charge is 0.412 e. The summed E-state index contributed by atoms with van der Waals surface area (Å²) in [6.45, 7) is 6.07. The normalized spacial score (nSPS) is 11.9. The molecule has 146 valence electrons. The molecule has 0 radical (unpaired) electrons. The number of hydrogen-bond donors (Lipinski definition) is 1. The van der Waals surface area contributed by atoms with Crippen molar-refractivity contribution >= 4 is 6.09 Å². The van der Waals surface area contributed by atoms with Crippen LogP contribution in [0.1, 0.15) is 18.3 Å². The zero-order valence-electron chi connectivity index (χ0n) is 16.3. The molecule has 3 rings (SSSR count). The Kier molecular flexibility index (Phi) is 6.00. The van der Waals surface area contributed by atoms with Gasteiger partial charge in [-0.1, -0.05) is 29.8 Å². The number of carbonyl (C=O) groups is 1. The van der Waals surface area contributed by atoms with Gasteiger partial charge in [0.25, 0.3) is 0 Å². The molecule has 3 aromatic rings. The summed E-state index contributed by atoms with van der Waals surface area (Å²) < 4.78 is 12.1. The lowest BCUT2D eigenvalue weighted by Gasteiger charge is -2.14. The molecule has 0 aliphatic heterocycles. The van der Waals surface area contributed by atoms with Crippen LogP contribution in [0.4, 0.5) is 4.79 Å². The van der Waals surface area contributed by atoms with Crippen LogP contribution in [-0.2, 0) is 4.74 Å². The van der Waals surface area contributed by atoms with Gasteiger partial charge < -0.3 is 14.8 Å². The molecule has 1 aromatic heterocycles. The lowest BCUT2D eigenvalue weighted by atomic mass is 10.0. The van der Waals surface area contributed by atoms with Crippen molar-refractivity contribution in [2.45, 2.75) is 26.8 Å². The maximum absolute atomic E-state index is 12.2. The molecule has 0 unspecified atom stereocenters. The van der Waals surface area contributed by atoms with E-state index in [2.05, 4.69) is 20.8 Å². The van der Waals surface area contributed by atoms with E-state index in [-0.39, 0.29) is 6.04 Å². The Hall–Kier alpha value is -3.26. The Balaban J connectivity index is 1.94. The highest BCUT2D eigenvalue weighted by Gasteiger charge is 2.13. The number of ether oxygens (including phenoxy) is 2. The highest BCUT2D eigenvalue weighted by atomic mass is 16.6. The summed E-state index contributed by atoms with van der Waals surface area (Å²) in [5.74, 6) is 1.02.